The number of benzene rings is 1. The van der Waals surface area contributed by atoms with Crippen molar-refractivity contribution in [2.24, 2.45) is 0 Å². The summed E-state index contributed by atoms with van der Waals surface area (Å²) < 4.78 is 6.79. The van der Waals surface area contributed by atoms with E-state index in [-0.39, 0.29) is 0 Å². The lowest BCUT2D eigenvalue weighted by atomic mass is 10.2. The first-order valence-corrected chi connectivity index (χ1v) is 6.63. The van der Waals surface area contributed by atoms with Crippen LogP contribution in [0, 0.1) is 0 Å². The van der Waals surface area contributed by atoms with Crippen molar-refractivity contribution in [1.82, 2.24) is 10.6 Å². The first kappa shape index (κ1) is 12.6. The zero-order valence-corrected chi connectivity index (χ0v) is 11.5. The molecule has 1 heterocycles. The molecule has 0 amide bonds. The second-order valence-corrected chi connectivity index (χ2v) is 4.86. The fourth-order valence-electron chi connectivity index (χ4n) is 1.77. The van der Waals surface area contributed by atoms with Gasteiger partial charge in [0, 0.05) is 5.39 Å². The molecule has 0 aliphatic carbocycles. The summed E-state index contributed by atoms with van der Waals surface area (Å²) in [6.45, 7) is 2.82. The van der Waals surface area contributed by atoms with Crippen LogP contribution in [0.5, 0.6) is 0 Å². The molecule has 2 aromatic rings. The minimum atomic E-state index is 0.783. The smallest absolute Gasteiger partial charge is 0.148 e. The Balaban J connectivity index is 1.93. The van der Waals surface area contributed by atoms with Gasteiger partial charge in [-0.15, -0.1) is 0 Å². The molecule has 0 saturated carbocycles. The second-order valence-electron chi connectivity index (χ2n) is 4.00. The minimum absolute atomic E-state index is 0.783. The number of para-hydroxylation sites is 1. The number of furan rings is 1. The van der Waals surface area contributed by atoms with Gasteiger partial charge >= 0.3 is 0 Å². The quantitative estimate of drug-likeness (QED) is 0.805. The Morgan fingerprint density at radius 1 is 1.29 bits per heavy atom. The normalized spacial score (nSPS) is 11.2. The molecular weight excluding hydrogens is 280 g/mol. The van der Waals surface area contributed by atoms with Crippen molar-refractivity contribution in [3.63, 3.8) is 0 Å². The van der Waals surface area contributed by atoms with Crippen molar-refractivity contribution in [2.75, 3.05) is 20.1 Å². The van der Waals surface area contributed by atoms with Crippen LogP contribution in [-0.2, 0) is 6.54 Å². The first-order chi connectivity index (χ1) is 8.31. The molecule has 2 N–H and O–H groups in total. The molecule has 0 unspecified atom stereocenters. The molecule has 3 nitrogen and oxygen atoms in total. The van der Waals surface area contributed by atoms with E-state index in [9.17, 15) is 0 Å². The van der Waals surface area contributed by atoms with Crippen LogP contribution in [0.3, 0.4) is 0 Å². The van der Waals surface area contributed by atoms with Crippen molar-refractivity contribution >= 4 is 26.9 Å². The number of fused-ring (bicyclic) bond motifs is 1. The van der Waals surface area contributed by atoms with Crippen molar-refractivity contribution in [3.8, 4) is 0 Å². The van der Waals surface area contributed by atoms with Crippen molar-refractivity contribution in [2.45, 2.75) is 13.0 Å². The molecule has 1 aromatic carbocycles. The van der Waals surface area contributed by atoms with Gasteiger partial charge in [-0.2, -0.15) is 0 Å². The molecule has 4 heteroatoms. The maximum absolute atomic E-state index is 5.78. The van der Waals surface area contributed by atoms with E-state index in [1.54, 1.807) is 0 Å². The van der Waals surface area contributed by atoms with E-state index in [0.717, 1.165) is 47.3 Å². The highest BCUT2D eigenvalue weighted by Gasteiger charge is 2.05. The van der Waals surface area contributed by atoms with E-state index in [1.165, 1.54) is 0 Å². The van der Waals surface area contributed by atoms with Crippen LogP contribution < -0.4 is 10.6 Å². The van der Waals surface area contributed by atoms with Crippen molar-refractivity contribution < 1.29 is 4.42 Å². The molecule has 0 radical (unpaired) electrons. The standard InChI is InChI=1S/C13H17BrN2O/c1-15-6-3-7-16-9-11-8-10-4-2-5-12(14)13(10)17-11/h2,4-5,8,15-16H,3,6-7,9H2,1H3. The molecule has 0 bridgehead atoms. The number of hydrogen-bond acceptors (Lipinski definition) is 3. The van der Waals surface area contributed by atoms with Crippen LogP contribution in [0.2, 0.25) is 0 Å². The molecule has 0 atom stereocenters. The van der Waals surface area contributed by atoms with Gasteiger partial charge in [0.15, 0.2) is 0 Å². The van der Waals surface area contributed by atoms with Gasteiger partial charge in [0.25, 0.3) is 0 Å². The molecule has 17 heavy (non-hydrogen) atoms. The average Bonchev–Trinajstić information content (AvgIpc) is 2.73. The fourth-order valence-corrected chi connectivity index (χ4v) is 2.23. The minimum Gasteiger partial charge on any atom is -0.459 e. The molecule has 0 fully saturated rings. The summed E-state index contributed by atoms with van der Waals surface area (Å²) in [7, 11) is 1.97. The average molecular weight is 297 g/mol. The molecule has 0 aliphatic rings. The Morgan fingerprint density at radius 2 is 2.18 bits per heavy atom. The molecule has 2 rings (SSSR count). The van der Waals surface area contributed by atoms with Gasteiger partial charge in [0.1, 0.15) is 11.3 Å². The summed E-state index contributed by atoms with van der Waals surface area (Å²) in [6.07, 6.45) is 1.13. The van der Waals surface area contributed by atoms with Crippen LogP contribution in [0.1, 0.15) is 12.2 Å². The third kappa shape index (κ3) is 3.31. The Morgan fingerprint density at radius 3 is 2.94 bits per heavy atom. The summed E-state index contributed by atoms with van der Waals surface area (Å²) in [5.41, 5.74) is 0.930. The predicted octanol–water partition coefficient (Wildman–Crippen LogP) is 2.89. The number of halogens is 1. The van der Waals surface area contributed by atoms with Gasteiger partial charge in [0.05, 0.1) is 11.0 Å². The molecule has 0 spiro atoms. The summed E-state index contributed by atoms with van der Waals surface area (Å²) in [5.74, 6) is 0.983. The predicted molar refractivity (Wildman–Crippen MR) is 74.2 cm³/mol. The van der Waals surface area contributed by atoms with Gasteiger partial charge in [-0.05, 0) is 54.6 Å². The van der Waals surface area contributed by atoms with E-state index in [0.29, 0.717) is 0 Å². The van der Waals surface area contributed by atoms with Crippen LogP contribution in [-0.4, -0.2) is 20.1 Å². The fraction of sp³-hybridized carbons (Fsp3) is 0.385. The maximum Gasteiger partial charge on any atom is 0.148 e. The largest absolute Gasteiger partial charge is 0.459 e. The lowest BCUT2D eigenvalue weighted by Gasteiger charge is -2.01. The van der Waals surface area contributed by atoms with E-state index in [2.05, 4.69) is 38.7 Å². The van der Waals surface area contributed by atoms with Crippen LogP contribution in [0.15, 0.2) is 33.2 Å². The van der Waals surface area contributed by atoms with E-state index >= 15 is 0 Å². The molecule has 0 saturated heterocycles. The molecule has 92 valence electrons. The van der Waals surface area contributed by atoms with Gasteiger partial charge < -0.3 is 15.1 Å². The maximum atomic E-state index is 5.78. The lowest BCUT2D eigenvalue weighted by molar-refractivity contribution is 0.507. The third-order valence-electron chi connectivity index (χ3n) is 2.63. The van der Waals surface area contributed by atoms with Gasteiger partial charge in [-0.1, -0.05) is 12.1 Å². The summed E-state index contributed by atoms with van der Waals surface area (Å²) in [6, 6.07) is 8.17. The Kier molecular flexibility index (Phi) is 4.59. The van der Waals surface area contributed by atoms with Crippen molar-refractivity contribution in [1.29, 1.82) is 0 Å². The van der Waals surface area contributed by atoms with E-state index < -0.39 is 0 Å². The Bertz CT molecular complexity index is 481. The van der Waals surface area contributed by atoms with E-state index in [1.807, 2.05) is 19.2 Å². The van der Waals surface area contributed by atoms with Crippen molar-refractivity contribution in [3.05, 3.63) is 34.5 Å². The summed E-state index contributed by atoms with van der Waals surface area (Å²) >= 11 is 3.49. The highest BCUT2D eigenvalue weighted by atomic mass is 79.9. The lowest BCUT2D eigenvalue weighted by Crippen LogP contribution is -2.19. The van der Waals surface area contributed by atoms with Crippen LogP contribution in [0.4, 0.5) is 0 Å². The SMILES string of the molecule is CNCCCNCc1cc2cccc(Br)c2o1. The third-order valence-corrected chi connectivity index (χ3v) is 3.25. The monoisotopic (exact) mass is 296 g/mol. The van der Waals surface area contributed by atoms with Gasteiger partial charge in [-0.3, -0.25) is 0 Å². The number of hydrogen-bond donors (Lipinski definition) is 2. The van der Waals surface area contributed by atoms with Gasteiger partial charge in [0.2, 0.25) is 0 Å². The van der Waals surface area contributed by atoms with Crippen LogP contribution in [0.25, 0.3) is 11.0 Å². The van der Waals surface area contributed by atoms with Gasteiger partial charge in [-0.25, -0.2) is 0 Å². The number of nitrogens with one attached hydrogen (secondary N) is 2. The Hall–Kier alpha value is -0.840. The highest BCUT2D eigenvalue weighted by Crippen LogP contribution is 2.26. The molecule has 0 aliphatic heterocycles. The zero-order valence-electron chi connectivity index (χ0n) is 9.92. The summed E-state index contributed by atoms with van der Waals surface area (Å²) in [4.78, 5) is 0. The zero-order chi connectivity index (χ0) is 12.1. The second kappa shape index (κ2) is 6.19. The molecule has 1 aromatic heterocycles. The first-order valence-electron chi connectivity index (χ1n) is 5.83. The van der Waals surface area contributed by atoms with Crippen LogP contribution >= 0.6 is 15.9 Å². The Labute approximate surface area is 110 Å². The number of rotatable bonds is 6. The topological polar surface area (TPSA) is 37.2 Å². The molecular formula is C13H17BrN2O. The highest BCUT2D eigenvalue weighted by molar-refractivity contribution is 9.10. The van der Waals surface area contributed by atoms with E-state index in [4.69, 9.17) is 4.42 Å². The summed E-state index contributed by atoms with van der Waals surface area (Å²) in [5, 5.41) is 7.64.